The lowest BCUT2D eigenvalue weighted by molar-refractivity contribution is -0.137. The molecular weight excluding hydrogens is 340 g/mol. The van der Waals surface area contributed by atoms with Crippen molar-refractivity contribution >= 4 is 44.6 Å². The number of unbranched alkanes of at least 4 members (excludes halogenated alkanes) is 2. The van der Waals surface area contributed by atoms with Gasteiger partial charge in [0.2, 0.25) is 0 Å². The van der Waals surface area contributed by atoms with Gasteiger partial charge in [-0.1, -0.05) is 36.4 Å². The molecule has 0 amide bonds. The predicted molar refractivity (Wildman–Crippen MR) is 107 cm³/mol. The third kappa shape index (κ3) is 3.19. The summed E-state index contributed by atoms with van der Waals surface area (Å²) in [5.74, 6) is 0.0732. The predicted octanol–water partition coefficient (Wildman–Crippen LogP) is 5.42. The monoisotopic (exact) mass is 360 g/mol. The van der Waals surface area contributed by atoms with Crippen molar-refractivity contribution in [2.24, 2.45) is 0 Å². The van der Waals surface area contributed by atoms with Gasteiger partial charge in [-0.25, -0.2) is 0 Å². The first-order valence-electron chi connectivity index (χ1n) is 9.19. The SMILES string of the molecule is O=Cc1ccc2ccc3c(OCCCCCC(=O)O)ccc4ccc1c2c43. The molecule has 4 nitrogen and oxygen atoms in total. The molecule has 0 heterocycles. The molecule has 1 N–H and O–H groups in total. The van der Waals surface area contributed by atoms with Gasteiger partial charge in [-0.2, -0.15) is 0 Å². The van der Waals surface area contributed by atoms with E-state index in [1.807, 2.05) is 30.3 Å². The van der Waals surface area contributed by atoms with Crippen LogP contribution >= 0.6 is 0 Å². The molecule has 0 saturated carbocycles. The van der Waals surface area contributed by atoms with E-state index in [2.05, 4.69) is 18.2 Å². The second-order valence-electron chi connectivity index (χ2n) is 6.81. The molecule has 0 bridgehead atoms. The van der Waals surface area contributed by atoms with Crippen LogP contribution in [0.4, 0.5) is 0 Å². The molecule has 0 unspecified atom stereocenters. The summed E-state index contributed by atoms with van der Waals surface area (Å²) in [6, 6.07) is 16.1. The van der Waals surface area contributed by atoms with Gasteiger partial charge in [0.25, 0.3) is 0 Å². The lowest BCUT2D eigenvalue weighted by atomic mass is 9.92. The van der Waals surface area contributed by atoms with Crippen molar-refractivity contribution in [1.29, 1.82) is 0 Å². The van der Waals surface area contributed by atoms with Crippen LogP contribution in [0.2, 0.25) is 0 Å². The topological polar surface area (TPSA) is 63.6 Å². The van der Waals surface area contributed by atoms with E-state index in [0.717, 1.165) is 57.2 Å². The first-order chi connectivity index (χ1) is 13.2. The number of carboxylic acid groups (broad SMARTS) is 1. The Balaban J connectivity index is 1.67. The van der Waals surface area contributed by atoms with Crippen LogP contribution < -0.4 is 4.74 Å². The summed E-state index contributed by atoms with van der Waals surface area (Å²) in [4.78, 5) is 22.0. The van der Waals surface area contributed by atoms with E-state index in [1.165, 1.54) is 0 Å². The maximum Gasteiger partial charge on any atom is 0.303 e. The molecule has 0 aliphatic heterocycles. The van der Waals surface area contributed by atoms with Gasteiger partial charge >= 0.3 is 5.97 Å². The number of aliphatic carboxylic acids is 1. The minimum absolute atomic E-state index is 0.206. The van der Waals surface area contributed by atoms with Crippen LogP contribution in [0.1, 0.15) is 36.0 Å². The summed E-state index contributed by atoms with van der Waals surface area (Å²) in [6.45, 7) is 0.559. The molecule has 4 aromatic rings. The van der Waals surface area contributed by atoms with Gasteiger partial charge in [-0.05, 0) is 52.9 Å². The van der Waals surface area contributed by atoms with Crippen LogP contribution in [-0.2, 0) is 4.79 Å². The van der Waals surface area contributed by atoms with Gasteiger partial charge in [-0.3, -0.25) is 9.59 Å². The fraction of sp³-hybridized carbons (Fsp3) is 0.217. The highest BCUT2D eigenvalue weighted by Gasteiger charge is 2.13. The number of aldehydes is 1. The highest BCUT2D eigenvalue weighted by Crippen LogP contribution is 2.39. The largest absolute Gasteiger partial charge is 0.493 e. The van der Waals surface area contributed by atoms with Crippen LogP contribution in [0.15, 0.2) is 48.5 Å². The summed E-state index contributed by atoms with van der Waals surface area (Å²) in [6.07, 6.45) is 3.44. The Kier molecular flexibility index (Phi) is 4.63. The van der Waals surface area contributed by atoms with Crippen molar-refractivity contribution in [3.63, 3.8) is 0 Å². The first-order valence-corrected chi connectivity index (χ1v) is 9.19. The lowest BCUT2D eigenvalue weighted by Gasteiger charge is -2.15. The second kappa shape index (κ2) is 7.23. The van der Waals surface area contributed by atoms with Gasteiger partial charge in [-0.15, -0.1) is 0 Å². The summed E-state index contributed by atoms with van der Waals surface area (Å²) in [5.41, 5.74) is 0.696. The number of carboxylic acids is 1. The van der Waals surface area contributed by atoms with Gasteiger partial charge in [0, 0.05) is 22.8 Å². The molecule has 0 aromatic heterocycles. The van der Waals surface area contributed by atoms with E-state index < -0.39 is 5.97 Å². The molecule has 4 aromatic carbocycles. The maximum atomic E-state index is 11.4. The normalized spacial score (nSPS) is 11.4. The second-order valence-corrected chi connectivity index (χ2v) is 6.81. The summed E-state index contributed by atoms with van der Waals surface area (Å²) >= 11 is 0. The first kappa shape index (κ1) is 17.3. The van der Waals surface area contributed by atoms with Crippen LogP contribution in [0.5, 0.6) is 5.75 Å². The standard InChI is InChI=1S/C23H20O4/c24-14-17-6-5-15-8-11-19-20(27-13-3-1-2-4-21(25)26)12-9-16-7-10-18(17)22(15)23(16)19/h5-12,14H,1-4,13H2,(H,25,26). The lowest BCUT2D eigenvalue weighted by Crippen LogP contribution is -2.00. The Morgan fingerprint density at radius 1 is 0.852 bits per heavy atom. The van der Waals surface area contributed by atoms with Gasteiger partial charge in [0.15, 0.2) is 6.29 Å². The number of ether oxygens (including phenoxy) is 1. The molecule has 0 saturated heterocycles. The number of hydrogen-bond acceptors (Lipinski definition) is 3. The Morgan fingerprint density at radius 3 is 2.26 bits per heavy atom. The van der Waals surface area contributed by atoms with Crippen molar-refractivity contribution in [3.05, 3.63) is 54.1 Å². The molecular formula is C23H20O4. The highest BCUT2D eigenvalue weighted by molar-refractivity contribution is 6.26. The zero-order valence-electron chi connectivity index (χ0n) is 14.9. The average molecular weight is 360 g/mol. The molecule has 4 heteroatoms. The summed E-state index contributed by atoms with van der Waals surface area (Å²) in [5, 5.41) is 15.1. The molecule has 136 valence electrons. The molecule has 0 atom stereocenters. The molecule has 27 heavy (non-hydrogen) atoms. The number of benzene rings is 4. The molecule has 0 radical (unpaired) electrons. The number of rotatable bonds is 8. The van der Waals surface area contributed by atoms with Crippen LogP contribution in [-0.4, -0.2) is 24.0 Å². The number of carbonyl (C=O) groups excluding carboxylic acids is 1. The minimum Gasteiger partial charge on any atom is -0.493 e. The van der Waals surface area contributed by atoms with E-state index >= 15 is 0 Å². The third-order valence-electron chi connectivity index (χ3n) is 5.08. The Bertz CT molecular complexity index is 1130. The molecule has 4 rings (SSSR count). The highest BCUT2D eigenvalue weighted by atomic mass is 16.5. The Labute approximate surface area is 156 Å². The fourth-order valence-corrected chi connectivity index (χ4v) is 3.76. The molecule has 0 fully saturated rings. The Hall–Kier alpha value is -3.14. The van der Waals surface area contributed by atoms with E-state index in [0.29, 0.717) is 18.6 Å². The smallest absolute Gasteiger partial charge is 0.303 e. The van der Waals surface area contributed by atoms with Crippen molar-refractivity contribution in [1.82, 2.24) is 0 Å². The zero-order chi connectivity index (χ0) is 18.8. The van der Waals surface area contributed by atoms with Crippen molar-refractivity contribution in [3.8, 4) is 5.75 Å². The van der Waals surface area contributed by atoms with Crippen LogP contribution in [0.25, 0.3) is 32.3 Å². The van der Waals surface area contributed by atoms with E-state index in [9.17, 15) is 9.59 Å². The average Bonchev–Trinajstić information content (AvgIpc) is 2.69. The van der Waals surface area contributed by atoms with Gasteiger partial charge < -0.3 is 9.84 Å². The van der Waals surface area contributed by atoms with Crippen LogP contribution in [0.3, 0.4) is 0 Å². The molecule has 0 aliphatic rings. The van der Waals surface area contributed by atoms with E-state index in [4.69, 9.17) is 9.84 Å². The van der Waals surface area contributed by atoms with Crippen molar-refractivity contribution in [2.45, 2.75) is 25.7 Å². The molecule has 0 aliphatic carbocycles. The zero-order valence-corrected chi connectivity index (χ0v) is 14.9. The van der Waals surface area contributed by atoms with Crippen molar-refractivity contribution in [2.75, 3.05) is 6.61 Å². The van der Waals surface area contributed by atoms with Crippen molar-refractivity contribution < 1.29 is 19.4 Å². The minimum atomic E-state index is -0.752. The quantitative estimate of drug-likeness (QED) is 0.259. The fourth-order valence-electron chi connectivity index (χ4n) is 3.76. The number of carbonyl (C=O) groups is 2. The number of hydrogen-bond donors (Lipinski definition) is 1. The van der Waals surface area contributed by atoms with Crippen LogP contribution in [0, 0.1) is 0 Å². The third-order valence-corrected chi connectivity index (χ3v) is 5.08. The maximum absolute atomic E-state index is 11.4. The van der Waals surface area contributed by atoms with E-state index in [-0.39, 0.29) is 6.42 Å². The summed E-state index contributed by atoms with van der Waals surface area (Å²) in [7, 11) is 0. The Morgan fingerprint density at radius 2 is 1.52 bits per heavy atom. The molecule has 0 spiro atoms. The van der Waals surface area contributed by atoms with Gasteiger partial charge in [0.05, 0.1) is 6.61 Å². The van der Waals surface area contributed by atoms with Gasteiger partial charge in [0.1, 0.15) is 5.75 Å². The van der Waals surface area contributed by atoms with E-state index in [1.54, 1.807) is 0 Å². The summed E-state index contributed by atoms with van der Waals surface area (Å²) < 4.78 is 6.01.